The number of nitrogens with one attached hydrogen (secondary N) is 2. The predicted molar refractivity (Wildman–Crippen MR) is 108 cm³/mol. The van der Waals surface area contributed by atoms with E-state index in [2.05, 4.69) is 22.5 Å². The Labute approximate surface area is 160 Å². The highest BCUT2D eigenvalue weighted by Gasteiger charge is 2.15. The molecule has 2 rings (SSSR count). The van der Waals surface area contributed by atoms with Crippen LogP contribution in [0.4, 0.5) is 5.69 Å². The van der Waals surface area contributed by atoms with Crippen molar-refractivity contribution in [3.63, 3.8) is 0 Å². The number of nitro benzene ring substituents is 1. The van der Waals surface area contributed by atoms with Gasteiger partial charge in [-0.25, -0.2) is 4.99 Å². The minimum atomic E-state index is -0.383. The Morgan fingerprint density at radius 2 is 1.96 bits per heavy atom. The van der Waals surface area contributed by atoms with Crippen LogP contribution >= 0.6 is 24.0 Å². The van der Waals surface area contributed by atoms with E-state index in [1.165, 1.54) is 37.8 Å². The molecule has 0 amide bonds. The molecule has 0 atom stereocenters. The average Bonchev–Trinajstić information content (AvgIpc) is 3.06. The van der Waals surface area contributed by atoms with E-state index in [-0.39, 0.29) is 34.6 Å². The molecule has 1 fully saturated rings. The lowest BCUT2D eigenvalue weighted by molar-refractivity contribution is -0.384. The van der Waals surface area contributed by atoms with Crippen molar-refractivity contribution in [2.45, 2.75) is 58.0 Å². The number of unbranched alkanes of at least 4 members (excludes halogenated alkanes) is 1. The van der Waals surface area contributed by atoms with Crippen molar-refractivity contribution in [1.29, 1.82) is 0 Å². The van der Waals surface area contributed by atoms with Crippen molar-refractivity contribution in [2.75, 3.05) is 6.54 Å². The van der Waals surface area contributed by atoms with Crippen molar-refractivity contribution in [3.8, 4) is 0 Å². The van der Waals surface area contributed by atoms with Gasteiger partial charge < -0.3 is 10.6 Å². The molecular formula is C17H27IN4O2. The molecule has 1 aromatic rings. The smallest absolute Gasteiger partial charge is 0.269 e. The minimum Gasteiger partial charge on any atom is -0.356 e. The van der Waals surface area contributed by atoms with Gasteiger partial charge in [-0.2, -0.15) is 0 Å². The van der Waals surface area contributed by atoms with Gasteiger partial charge >= 0.3 is 0 Å². The van der Waals surface area contributed by atoms with Crippen LogP contribution in [0.15, 0.2) is 29.3 Å². The molecule has 0 aliphatic heterocycles. The number of benzene rings is 1. The average molecular weight is 446 g/mol. The number of hydrogen-bond acceptors (Lipinski definition) is 3. The maximum atomic E-state index is 10.7. The second-order valence-electron chi connectivity index (χ2n) is 5.99. The van der Waals surface area contributed by atoms with Gasteiger partial charge in [0.2, 0.25) is 0 Å². The summed E-state index contributed by atoms with van der Waals surface area (Å²) in [4.78, 5) is 14.9. The van der Waals surface area contributed by atoms with E-state index in [4.69, 9.17) is 0 Å². The van der Waals surface area contributed by atoms with Crippen LogP contribution in [0.3, 0.4) is 0 Å². The molecule has 7 heteroatoms. The van der Waals surface area contributed by atoms with Crippen molar-refractivity contribution < 1.29 is 4.92 Å². The largest absolute Gasteiger partial charge is 0.356 e. The molecule has 0 bridgehead atoms. The third-order valence-electron chi connectivity index (χ3n) is 4.09. The van der Waals surface area contributed by atoms with Gasteiger partial charge in [0.25, 0.3) is 5.69 Å². The first kappa shape index (κ1) is 20.7. The maximum Gasteiger partial charge on any atom is 0.269 e. The van der Waals surface area contributed by atoms with Crippen molar-refractivity contribution in [1.82, 2.24) is 10.6 Å². The highest BCUT2D eigenvalue weighted by atomic mass is 127. The summed E-state index contributed by atoms with van der Waals surface area (Å²) in [7, 11) is 0. The first-order chi connectivity index (χ1) is 11.2. The number of aliphatic imine (C=N–C) groups is 1. The lowest BCUT2D eigenvalue weighted by Crippen LogP contribution is -2.42. The molecule has 1 aliphatic rings. The Morgan fingerprint density at radius 3 is 2.54 bits per heavy atom. The molecule has 1 aromatic carbocycles. The van der Waals surface area contributed by atoms with Crippen LogP contribution in [0.5, 0.6) is 0 Å². The maximum absolute atomic E-state index is 10.7. The lowest BCUT2D eigenvalue weighted by atomic mass is 10.2. The summed E-state index contributed by atoms with van der Waals surface area (Å²) in [5, 5.41) is 17.6. The van der Waals surface area contributed by atoms with Crippen LogP contribution in [-0.4, -0.2) is 23.5 Å². The van der Waals surface area contributed by atoms with Gasteiger partial charge in [0, 0.05) is 24.7 Å². The van der Waals surface area contributed by atoms with Crippen molar-refractivity contribution in [3.05, 3.63) is 39.9 Å². The Bertz CT molecular complexity index is 528. The highest BCUT2D eigenvalue weighted by Crippen LogP contribution is 2.17. The van der Waals surface area contributed by atoms with Gasteiger partial charge in [-0.05, 0) is 24.8 Å². The predicted octanol–water partition coefficient (Wildman–Crippen LogP) is 3.99. The summed E-state index contributed by atoms with van der Waals surface area (Å²) in [6.45, 7) is 3.60. The van der Waals surface area contributed by atoms with Gasteiger partial charge in [-0.1, -0.05) is 38.3 Å². The molecule has 0 spiro atoms. The summed E-state index contributed by atoms with van der Waals surface area (Å²) in [6, 6.07) is 7.10. The second kappa shape index (κ2) is 11.2. The van der Waals surface area contributed by atoms with Crippen molar-refractivity contribution in [2.24, 2.45) is 4.99 Å². The number of nitrogens with zero attached hydrogens (tertiary/aromatic N) is 2. The van der Waals surface area contributed by atoms with Crippen LogP contribution in [0, 0.1) is 10.1 Å². The van der Waals surface area contributed by atoms with Crippen LogP contribution < -0.4 is 10.6 Å². The molecule has 134 valence electrons. The molecule has 6 nitrogen and oxygen atoms in total. The molecule has 1 aliphatic carbocycles. The van der Waals surface area contributed by atoms with Gasteiger partial charge in [0.15, 0.2) is 5.96 Å². The summed E-state index contributed by atoms with van der Waals surface area (Å²) >= 11 is 0. The molecule has 0 aromatic heterocycles. The zero-order valence-corrected chi connectivity index (χ0v) is 16.5. The third-order valence-corrected chi connectivity index (χ3v) is 4.09. The van der Waals surface area contributed by atoms with E-state index in [0.29, 0.717) is 12.6 Å². The Kier molecular flexibility index (Phi) is 9.66. The first-order valence-corrected chi connectivity index (χ1v) is 8.47. The molecule has 0 unspecified atom stereocenters. The molecule has 24 heavy (non-hydrogen) atoms. The fourth-order valence-electron chi connectivity index (χ4n) is 2.69. The number of non-ortho nitro benzene ring substituents is 1. The zero-order valence-electron chi connectivity index (χ0n) is 14.2. The minimum absolute atomic E-state index is 0. The van der Waals surface area contributed by atoms with E-state index in [9.17, 15) is 10.1 Å². The van der Waals surface area contributed by atoms with Crippen LogP contribution in [0.2, 0.25) is 0 Å². The molecule has 0 radical (unpaired) electrons. The topological polar surface area (TPSA) is 79.6 Å². The number of halogens is 1. The Hall–Kier alpha value is -1.38. The third kappa shape index (κ3) is 7.02. The van der Waals surface area contributed by atoms with Gasteiger partial charge in [-0.3, -0.25) is 10.1 Å². The van der Waals surface area contributed by atoms with E-state index < -0.39 is 0 Å². The number of hydrogen-bond donors (Lipinski definition) is 2. The summed E-state index contributed by atoms with van der Waals surface area (Å²) in [5.41, 5.74) is 1.08. The normalized spacial score (nSPS) is 15.0. The van der Waals surface area contributed by atoms with Gasteiger partial charge in [-0.15, -0.1) is 24.0 Å². The monoisotopic (exact) mass is 446 g/mol. The lowest BCUT2D eigenvalue weighted by Gasteiger charge is -2.17. The highest BCUT2D eigenvalue weighted by molar-refractivity contribution is 14.0. The quantitative estimate of drug-likeness (QED) is 0.166. The van der Waals surface area contributed by atoms with Crippen LogP contribution in [0.1, 0.15) is 51.0 Å². The summed E-state index contributed by atoms with van der Waals surface area (Å²) in [5.74, 6) is 0.851. The van der Waals surface area contributed by atoms with Crippen molar-refractivity contribution >= 4 is 35.6 Å². The Balaban J connectivity index is 0.00000288. The molecule has 0 heterocycles. The molecular weight excluding hydrogens is 419 g/mol. The Morgan fingerprint density at radius 1 is 1.29 bits per heavy atom. The number of guanidine groups is 1. The molecule has 1 saturated carbocycles. The summed E-state index contributed by atoms with van der Waals surface area (Å²) < 4.78 is 0. The van der Waals surface area contributed by atoms with Gasteiger partial charge in [0.05, 0.1) is 11.5 Å². The summed E-state index contributed by atoms with van der Waals surface area (Å²) in [6.07, 6.45) is 7.22. The fourth-order valence-corrected chi connectivity index (χ4v) is 2.69. The second-order valence-corrected chi connectivity index (χ2v) is 5.99. The SMILES string of the molecule is CCCCNC(=NCc1ccc([N+](=O)[O-])cc1)NC1CCCC1.I. The first-order valence-electron chi connectivity index (χ1n) is 8.47. The zero-order chi connectivity index (χ0) is 16.5. The van der Waals surface area contributed by atoms with E-state index >= 15 is 0 Å². The fraction of sp³-hybridized carbons (Fsp3) is 0.588. The van der Waals surface area contributed by atoms with E-state index in [0.717, 1.165) is 30.9 Å². The standard InChI is InChI=1S/C17H26N4O2.HI/c1-2-3-12-18-17(20-15-6-4-5-7-15)19-13-14-8-10-16(11-9-14)21(22)23;/h8-11,15H,2-7,12-13H2,1H3,(H2,18,19,20);1H. The van der Waals surface area contributed by atoms with E-state index in [1.807, 2.05) is 0 Å². The van der Waals surface area contributed by atoms with E-state index in [1.54, 1.807) is 12.1 Å². The molecule has 2 N–H and O–H groups in total. The van der Waals surface area contributed by atoms with Gasteiger partial charge in [0.1, 0.15) is 0 Å². The number of rotatable bonds is 7. The van der Waals surface area contributed by atoms with Crippen LogP contribution in [0.25, 0.3) is 0 Å². The number of nitro groups is 1. The van der Waals surface area contributed by atoms with Crippen LogP contribution in [-0.2, 0) is 6.54 Å². The molecule has 0 saturated heterocycles.